The summed E-state index contributed by atoms with van der Waals surface area (Å²) >= 11 is 0. The summed E-state index contributed by atoms with van der Waals surface area (Å²) < 4.78 is 16.1. The van der Waals surface area contributed by atoms with Crippen LogP contribution >= 0.6 is 0 Å². The van der Waals surface area contributed by atoms with Crippen molar-refractivity contribution < 1.29 is 28.9 Å². The first kappa shape index (κ1) is 17.8. The van der Waals surface area contributed by atoms with Crippen LogP contribution in [0.2, 0.25) is 0 Å². The highest BCUT2D eigenvalue weighted by molar-refractivity contribution is 6.00. The summed E-state index contributed by atoms with van der Waals surface area (Å²) in [5.41, 5.74) is -0.440. The SMILES string of the molecule is CC(C)O[C@@H]1C=C(CO)C(=O)[C@@H](COC(=O)C(C)(C)C)O1. The lowest BCUT2D eigenvalue weighted by molar-refractivity contribution is -0.188. The summed E-state index contributed by atoms with van der Waals surface area (Å²) in [5, 5.41) is 9.23. The first-order valence-electron chi connectivity index (χ1n) is 6.99. The van der Waals surface area contributed by atoms with Gasteiger partial charge in [0.1, 0.15) is 6.61 Å². The van der Waals surface area contributed by atoms with E-state index in [0.29, 0.717) is 0 Å². The number of Topliss-reactive ketones (excluding diaryl/α,β-unsaturated/α-hetero) is 1. The standard InChI is InChI=1S/C15H24O6/c1-9(2)20-12-6-10(7-16)13(17)11(21-12)8-19-14(18)15(3,4)5/h6,9,11-12,16H,7-8H2,1-5H3/t11-,12+/m1/s1. The molecule has 0 bridgehead atoms. The van der Waals surface area contributed by atoms with Crippen molar-refractivity contribution in [2.75, 3.05) is 13.2 Å². The van der Waals surface area contributed by atoms with E-state index in [4.69, 9.17) is 14.2 Å². The molecule has 1 aliphatic rings. The highest BCUT2D eigenvalue weighted by Crippen LogP contribution is 2.20. The summed E-state index contributed by atoms with van der Waals surface area (Å²) in [7, 11) is 0. The Bertz CT molecular complexity index is 418. The molecule has 21 heavy (non-hydrogen) atoms. The van der Waals surface area contributed by atoms with E-state index in [0.717, 1.165) is 0 Å². The molecule has 2 atom stereocenters. The largest absolute Gasteiger partial charge is 0.462 e. The van der Waals surface area contributed by atoms with Gasteiger partial charge in [0.25, 0.3) is 0 Å². The van der Waals surface area contributed by atoms with Crippen molar-refractivity contribution >= 4 is 11.8 Å². The van der Waals surface area contributed by atoms with Gasteiger partial charge in [0.2, 0.25) is 0 Å². The average molecular weight is 300 g/mol. The van der Waals surface area contributed by atoms with Gasteiger partial charge in [0.05, 0.1) is 18.1 Å². The second-order valence-corrected chi connectivity index (χ2v) is 6.24. The van der Waals surface area contributed by atoms with Crippen molar-refractivity contribution in [1.29, 1.82) is 0 Å². The zero-order chi connectivity index (χ0) is 16.2. The molecule has 6 nitrogen and oxygen atoms in total. The van der Waals surface area contributed by atoms with Gasteiger partial charge in [-0.3, -0.25) is 9.59 Å². The molecular formula is C15H24O6. The van der Waals surface area contributed by atoms with Crippen LogP contribution in [0.15, 0.2) is 11.6 Å². The molecule has 0 amide bonds. The molecule has 0 fully saturated rings. The zero-order valence-electron chi connectivity index (χ0n) is 13.2. The number of hydrogen-bond donors (Lipinski definition) is 1. The highest BCUT2D eigenvalue weighted by Gasteiger charge is 2.33. The van der Waals surface area contributed by atoms with Crippen LogP contribution in [-0.4, -0.2) is 48.6 Å². The lowest BCUT2D eigenvalue weighted by Crippen LogP contribution is -2.42. The van der Waals surface area contributed by atoms with Gasteiger partial charge < -0.3 is 19.3 Å². The normalized spacial score (nSPS) is 23.2. The first-order chi connectivity index (χ1) is 9.65. The van der Waals surface area contributed by atoms with Gasteiger partial charge in [0, 0.05) is 5.57 Å². The maximum absolute atomic E-state index is 12.0. The van der Waals surface area contributed by atoms with E-state index in [1.807, 2.05) is 13.8 Å². The van der Waals surface area contributed by atoms with Crippen LogP contribution in [0.25, 0.3) is 0 Å². The number of rotatable bonds is 5. The number of hydrogen-bond acceptors (Lipinski definition) is 6. The van der Waals surface area contributed by atoms with Crippen molar-refractivity contribution in [3.8, 4) is 0 Å². The van der Waals surface area contributed by atoms with Crippen LogP contribution in [0.3, 0.4) is 0 Å². The summed E-state index contributed by atoms with van der Waals surface area (Å²) in [4.78, 5) is 23.8. The Kier molecular flexibility index (Phi) is 6.07. The molecule has 0 aromatic carbocycles. The topological polar surface area (TPSA) is 82.1 Å². The summed E-state index contributed by atoms with van der Waals surface area (Å²) in [6, 6.07) is 0. The lowest BCUT2D eigenvalue weighted by atomic mass is 9.97. The second kappa shape index (κ2) is 7.15. The third-order valence-electron chi connectivity index (χ3n) is 2.80. The predicted molar refractivity (Wildman–Crippen MR) is 75.5 cm³/mol. The maximum atomic E-state index is 12.0. The summed E-state index contributed by atoms with van der Waals surface area (Å²) in [6.07, 6.45) is -0.336. The molecule has 6 heteroatoms. The predicted octanol–water partition coefficient (Wildman–Crippen LogP) is 1.21. The molecule has 1 aliphatic heterocycles. The van der Waals surface area contributed by atoms with Crippen LogP contribution in [0.5, 0.6) is 0 Å². The number of ether oxygens (including phenoxy) is 3. The molecule has 120 valence electrons. The number of aliphatic hydroxyl groups is 1. The molecule has 0 aromatic rings. The molecular weight excluding hydrogens is 276 g/mol. The molecule has 0 unspecified atom stereocenters. The molecule has 0 aromatic heterocycles. The Morgan fingerprint density at radius 2 is 2.05 bits per heavy atom. The van der Waals surface area contributed by atoms with Gasteiger partial charge in [-0.2, -0.15) is 0 Å². The van der Waals surface area contributed by atoms with E-state index < -0.39 is 30.4 Å². The molecule has 0 spiro atoms. The molecule has 0 aliphatic carbocycles. The van der Waals surface area contributed by atoms with Gasteiger partial charge >= 0.3 is 5.97 Å². The van der Waals surface area contributed by atoms with Crippen molar-refractivity contribution in [3.05, 3.63) is 11.6 Å². The minimum Gasteiger partial charge on any atom is -0.462 e. The quantitative estimate of drug-likeness (QED) is 0.769. The van der Waals surface area contributed by atoms with Crippen molar-refractivity contribution in [3.63, 3.8) is 0 Å². The lowest BCUT2D eigenvalue weighted by Gasteiger charge is -2.29. The summed E-state index contributed by atoms with van der Waals surface area (Å²) in [5.74, 6) is -0.803. The minimum absolute atomic E-state index is 0.0998. The fourth-order valence-corrected chi connectivity index (χ4v) is 1.67. The van der Waals surface area contributed by atoms with E-state index in [9.17, 15) is 14.7 Å². The molecule has 0 radical (unpaired) electrons. The molecule has 1 heterocycles. The van der Waals surface area contributed by atoms with E-state index in [1.165, 1.54) is 6.08 Å². The number of carbonyl (C=O) groups is 2. The molecule has 0 saturated heterocycles. The van der Waals surface area contributed by atoms with Crippen molar-refractivity contribution in [2.45, 2.75) is 53.1 Å². The smallest absolute Gasteiger partial charge is 0.311 e. The maximum Gasteiger partial charge on any atom is 0.311 e. The Balaban J connectivity index is 2.72. The first-order valence-corrected chi connectivity index (χ1v) is 6.99. The fraction of sp³-hybridized carbons (Fsp3) is 0.733. The van der Waals surface area contributed by atoms with Crippen LogP contribution < -0.4 is 0 Å². The van der Waals surface area contributed by atoms with Crippen molar-refractivity contribution in [2.24, 2.45) is 5.41 Å². The number of aliphatic hydroxyl groups excluding tert-OH is 1. The Morgan fingerprint density at radius 3 is 2.52 bits per heavy atom. The Hall–Kier alpha value is -1.24. The molecule has 0 saturated carbocycles. The van der Waals surface area contributed by atoms with Crippen LogP contribution in [0.1, 0.15) is 34.6 Å². The number of esters is 1. The van der Waals surface area contributed by atoms with E-state index in [2.05, 4.69) is 0 Å². The van der Waals surface area contributed by atoms with Gasteiger partial charge in [-0.25, -0.2) is 0 Å². The summed E-state index contributed by atoms with van der Waals surface area (Å²) in [6.45, 7) is 8.25. The zero-order valence-corrected chi connectivity index (χ0v) is 13.2. The van der Waals surface area contributed by atoms with E-state index in [-0.39, 0.29) is 24.1 Å². The number of carbonyl (C=O) groups excluding carboxylic acids is 2. The van der Waals surface area contributed by atoms with E-state index in [1.54, 1.807) is 20.8 Å². The van der Waals surface area contributed by atoms with Crippen LogP contribution in [0, 0.1) is 5.41 Å². The van der Waals surface area contributed by atoms with Crippen molar-refractivity contribution in [1.82, 2.24) is 0 Å². The molecule has 1 rings (SSSR count). The highest BCUT2D eigenvalue weighted by atomic mass is 16.7. The fourth-order valence-electron chi connectivity index (χ4n) is 1.67. The number of ketones is 1. The monoisotopic (exact) mass is 300 g/mol. The van der Waals surface area contributed by atoms with Gasteiger partial charge in [-0.15, -0.1) is 0 Å². The Morgan fingerprint density at radius 1 is 1.43 bits per heavy atom. The second-order valence-electron chi connectivity index (χ2n) is 6.24. The molecule has 1 N–H and O–H groups in total. The Labute approximate surface area is 125 Å². The minimum atomic E-state index is -0.952. The van der Waals surface area contributed by atoms with Gasteiger partial charge in [0.15, 0.2) is 18.2 Å². The van der Waals surface area contributed by atoms with Gasteiger partial charge in [-0.1, -0.05) is 0 Å². The van der Waals surface area contributed by atoms with Gasteiger partial charge in [-0.05, 0) is 40.7 Å². The third-order valence-corrected chi connectivity index (χ3v) is 2.80. The van der Waals surface area contributed by atoms with Crippen LogP contribution in [0.4, 0.5) is 0 Å². The average Bonchev–Trinajstić information content (AvgIpc) is 2.36. The van der Waals surface area contributed by atoms with E-state index >= 15 is 0 Å². The third kappa shape index (κ3) is 5.22. The van der Waals surface area contributed by atoms with Crippen LogP contribution in [-0.2, 0) is 23.8 Å².